The lowest BCUT2D eigenvalue weighted by molar-refractivity contribution is 0.582. The molecule has 0 spiro atoms. The molecule has 0 aromatic heterocycles. The van der Waals surface area contributed by atoms with Gasteiger partial charge in [-0.05, 0) is 43.2 Å². The standard InChI is InChI=1S/C17H18BrNO2S/c1-14-5-11-17(12-6-14)22(20,21)19-13-3-2-4-15-7-9-16(18)10-8-15/h2,4-12,19H,3,13H2,1H3/b4-2-. The Morgan fingerprint density at radius 3 is 2.32 bits per heavy atom. The van der Waals surface area contributed by atoms with Crippen LogP contribution in [0.5, 0.6) is 0 Å². The normalized spacial score (nSPS) is 11.9. The average molecular weight is 380 g/mol. The summed E-state index contributed by atoms with van der Waals surface area (Å²) in [5.74, 6) is 0. The quantitative estimate of drug-likeness (QED) is 0.766. The lowest BCUT2D eigenvalue weighted by Gasteiger charge is -2.05. The molecule has 0 amide bonds. The van der Waals surface area contributed by atoms with Crippen LogP contribution in [0.4, 0.5) is 0 Å². The minimum Gasteiger partial charge on any atom is -0.211 e. The Balaban J connectivity index is 1.85. The van der Waals surface area contributed by atoms with E-state index >= 15 is 0 Å². The van der Waals surface area contributed by atoms with Gasteiger partial charge in [-0.1, -0.05) is 57.9 Å². The van der Waals surface area contributed by atoms with Crippen LogP contribution >= 0.6 is 15.9 Å². The third-order valence-electron chi connectivity index (χ3n) is 3.11. The maximum Gasteiger partial charge on any atom is 0.240 e. The first-order chi connectivity index (χ1) is 10.5. The van der Waals surface area contributed by atoms with Crippen molar-refractivity contribution in [1.29, 1.82) is 0 Å². The fourth-order valence-corrected chi connectivity index (χ4v) is 3.18. The van der Waals surface area contributed by atoms with Crippen LogP contribution in [0.1, 0.15) is 17.5 Å². The second-order valence-electron chi connectivity index (χ2n) is 4.95. The lowest BCUT2D eigenvalue weighted by atomic mass is 10.2. The van der Waals surface area contributed by atoms with Crippen LogP contribution in [0.2, 0.25) is 0 Å². The van der Waals surface area contributed by atoms with E-state index in [1.807, 2.05) is 43.3 Å². The monoisotopic (exact) mass is 379 g/mol. The van der Waals surface area contributed by atoms with Crippen LogP contribution < -0.4 is 4.72 Å². The van der Waals surface area contributed by atoms with E-state index in [0.29, 0.717) is 17.9 Å². The minimum absolute atomic E-state index is 0.301. The molecule has 2 rings (SSSR count). The van der Waals surface area contributed by atoms with Crippen LogP contribution in [0.25, 0.3) is 6.08 Å². The van der Waals surface area contributed by atoms with Crippen molar-refractivity contribution in [3.63, 3.8) is 0 Å². The van der Waals surface area contributed by atoms with E-state index in [1.165, 1.54) is 0 Å². The van der Waals surface area contributed by atoms with Gasteiger partial charge in [0.25, 0.3) is 0 Å². The maximum absolute atomic E-state index is 12.1. The second kappa shape index (κ2) is 7.72. The Hall–Kier alpha value is -1.43. The van der Waals surface area contributed by atoms with Crippen molar-refractivity contribution < 1.29 is 8.42 Å². The van der Waals surface area contributed by atoms with Crippen molar-refractivity contribution in [3.8, 4) is 0 Å². The van der Waals surface area contributed by atoms with Gasteiger partial charge in [-0.25, -0.2) is 13.1 Å². The fourth-order valence-electron chi connectivity index (χ4n) is 1.87. The van der Waals surface area contributed by atoms with Gasteiger partial charge >= 0.3 is 0 Å². The minimum atomic E-state index is -3.42. The highest BCUT2D eigenvalue weighted by Crippen LogP contribution is 2.12. The zero-order valence-corrected chi connectivity index (χ0v) is 14.7. The summed E-state index contributed by atoms with van der Waals surface area (Å²) < 4.78 is 27.8. The Morgan fingerprint density at radius 1 is 1.05 bits per heavy atom. The van der Waals surface area contributed by atoms with Crippen LogP contribution in [0.15, 0.2) is 64.0 Å². The number of sulfonamides is 1. The van der Waals surface area contributed by atoms with Crippen molar-refractivity contribution >= 4 is 32.0 Å². The summed E-state index contributed by atoms with van der Waals surface area (Å²) >= 11 is 3.39. The number of hydrogen-bond acceptors (Lipinski definition) is 2. The lowest BCUT2D eigenvalue weighted by Crippen LogP contribution is -2.24. The Kier molecular flexibility index (Phi) is 5.94. The van der Waals surface area contributed by atoms with Crippen LogP contribution in [0, 0.1) is 6.92 Å². The molecule has 0 aliphatic heterocycles. The number of hydrogen-bond donors (Lipinski definition) is 1. The number of aryl methyl sites for hydroxylation is 1. The molecule has 2 aromatic carbocycles. The molecule has 0 unspecified atom stereocenters. The van der Waals surface area contributed by atoms with Gasteiger partial charge in [0.15, 0.2) is 0 Å². The molecule has 0 bridgehead atoms. The molecular formula is C17H18BrNO2S. The van der Waals surface area contributed by atoms with Crippen molar-refractivity contribution in [2.45, 2.75) is 18.2 Å². The highest BCUT2D eigenvalue weighted by molar-refractivity contribution is 9.10. The van der Waals surface area contributed by atoms with Crippen molar-refractivity contribution in [2.75, 3.05) is 6.54 Å². The molecule has 0 atom stereocenters. The molecule has 0 heterocycles. The zero-order valence-electron chi connectivity index (χ0n) is 12.3. The highest BCUT2D eigenvalue weighted by atomic mass is 79.9. The zero-order chi connectivity index (χ0) is 16.0. The first-order valence-corrected chi connectivity index (χ1v) is 9.23. The summed E-state index contributed by atoms with van der Waals surface area (Å²) in [5.41, 5.74) is 2.13. The molecule has 0 radical (unpaired) electrons. The highest BCUT2D eigenvalue weighted by Gasteiger charge is 2.11. The summed E-state index contributed by atoms with van der Waals surface area (Å²) in [7, 11) is -3.42. The summed E-state index contributed by atoms with van der Waals surface area (Å²) in [6.45, 7) is 2.31. The number of rotatable bonds is 6. The van der Waals surface area contributed by atoms with Gasteiger partial charge in [0, 0.05) is 11.0 Å². The molecule has 5 heteroatoms. The predicted molar refractivity (Wildman–Crippen MR) is 94.2 cm³/mol. The SMILES string of the molecule is Cc1ccc(S(=O)(=O)NCC/C=C\c2ccc(Br)cc2)cc1. The number of halogens is 1. The van der Waals surface area contributed by atoms with Crippen molar-refractivity contribution in [3.05, 3.63) is 70.2 Å². The largest absolute Gasteiger partial charge is 0.240 e. The van der Waals surface area contributed by atoms with Gasteiger partial charge < -0.3 is 0 Å². The Bertz CT molecular complexity index is 735. The summed E-state index contributed by atoms with van der Waals surface area (Å²) in [5, 5.41) is 0. The van der Waals surface area contributed by atoms with Crippen LogP contribution in [-0.2, 0) is 10.0 Å². The van der Waals surface area contributed by atoms with Gasteiger partial charge in [0.1, 0.15) is 0 Å². The van der Waals surface area contributed by atoms with Crippen molar-refractivity contribution in [1.82, 2.24) is 4.72 Å². The third kappa shape index (κ3) is 5.09. The van der Waals surface area contributed by atoms with Gasteiger partial charge in [-0.15, -0.1) is 0 Å². The third-order valence-corrected chi connectivity index (χ3v) is 5.12. The van der Waals surface area contributed by atoms with Gasteiger partial charge in [0.05, 0.1) is 4.90 Å². The van der Waals surface area contributed by atoms with E-state index in [2.05, 4.69) is 20.7 Å². The first kappa shape index (κ1) is 16.9. The fraction of sp³-hybridized carbons (Fsp3) is 0.176. The van der Waals surface area contributed by atoms with E-state index < -0.39 is 10.0 Å². The van der Waals surface area contributed by atoms with Gasteiger partial charge in [-0.3, -0.25) is 0 Å². The molecule has 0 aliphatic carbocycles. The number of nitrogens with one attached hydrogen (secondary N) is 1. The molecule has 22 heavy (non-hydrogen) atoms. The number of benzene rings is 2. The Labute approximate surface area is 140 Å². The topological polar surface area (TPSA) is 46.2 Å². The van der Waals surface area contributed by atoms with Gasteiger partial charge in [-0.2, -0.15) is 0 Å². The molecule has 2 aromatic rings. The second-order valence-corrected chi connectivity index (χ2v) is 7.64. The molecule has 3 nitrogen and oxygen atoms in total. The molecule has 0 aliphatic rings. The molecular weight excluding hydrogens is 362 g/mol. The average Bonchev–Trinajstić information content (AvgIpc) is 2.49. The summed E-state index contributed by atoms with van der Waals surface area (Å²) in [6.07, 6.45) is 4.58. The van der Waals surface area contributed by atoms with Crippen LogP contribution in [0.3, 0.4) is 0 Å². The van der Waals surface area contributed by atoms with Crippen LogP contribution in [-0.4, -0.2) is 15.0 Å². The first-order valence-electron chi connectivity index (χ1n) is 6.96. The maximum atomic E-state index is 12.1. The predicted octanol–water partition coefficient (Wildman–Crippen LogP) is 4.14. The molecule has 0 saturated carbocycles. The van der Waals surface area contributed by atoms with E-state index in [9.17, 15) is 8.42 Å². The van der Waals surface area contributed by atoms with Gasteiger partial charge in [0.2, 0.25) is 10.0 Å². The molecule has 116 valence electrons. The van der Waals surface area contributed by atoms with E-state index in [4.69, 9.17) is 0 Å². The van der Waals surface area contributed by atoms with E-state index in [0.717, 1.165) is 15.6 Å². The molecule has 0 fully saturated rings. The Morgan fingerprint density at radius 2 is 1.68 bits per heavy atom. The smallest absolute Gasteiger partial charge is 0.211 e. The van der Waals surface area contributed by atoms with Crippen molar-refractivity contribution in [2.24, 2.45) is 0 Å². The molecule has 0 saturated heterocycles. The molecule has 1 N–H and O–H groups in total. The summed E-state index contributed by atoms with van der Waals surface area (Å²) in [6, 6.07) is 14.8. The van der Waals surface area contributed by atoms with E-state index in [1.54, 1.807) is 24.3 Å². The summed E-state index contributed by atoms with van der Waals surface area (Å²) in [4.78, 5) is 0.301. The van der Waals surface area contributed by atoms with E-state index in [-0.39, 0.29) is 0 Å².